The number of aliphatic hydroxyl groups is 1. The number of carbonyl (C=O) groups excluding carboxylic acids is 1. The van der Waals surface area contributed by atoms with E-state index >= 15 is 0 Å². The van der Waals surface area contributed by atoms with E-state index in [4.69, 9.17) is 5.73 Å². The van der Waals surface area contributed by atoms with Gasteiger partial charge in [-0.2, -0.15) is 0 Å². The van der Waals surface area contributed by atoms with Crippen LogP contribution in [0.3, 0.4) is 0 Å². The van der Waals surface area contributed by atoms with Crippen LogP contribution >= 0.6 is 0 Å². The van der Waals surface area contributed by atoms with Gasteiger partial charge in [0.25, 0.3) is 0 Å². The number of hydrogen-bond acceptors (Lipinski definition) is 3. The summed E-state index contributed by atoms with van der Waals surface area (Å²) in [5.74, 6) is 0.408. The Balaban J connectivity index is 2.62. The smallest absolute Gasteiger partial charge is 0.227 e. The van der Waals surface area contributed by atoms with Crippen LogP contribution in [0.25, 0.3) is 0 Å². The minimum atomic E-state index is -0.852. The van der Waals surface area contributed by atoms with Crippen LogP contribution in [0, 0.1) is 11.8 Å². The van der Waals surface area contributed by atoms with Crippen molar-refractivity contribution in [2.75, 3.05) is 13.6 Å². The van der Waals surface area contributed by atoms with E-state index in [1.165, 1.54) is 0 Å². The monoisotopic (exact) mass is 242 g/mol. The first-order valence-corrected chi connectivity index (χ1v) is 6.45. The fourth-order valence-electron chi connectivity index (χ4n) is 2.67. The van der Waals surface area contributed by atoms with E-state index in [2.05, 4.69) is 6.92 Å². The molecule has 0 aromatic carbocycles. The lowest BCUT2D eigenvalue weighted by Crippen LogP contribution is -2.50. The summed E-state index contributed by atoms with van der Waals surface area (Å²) in [5, 5.41) is 9.73. The second kappa shape index (κ2) is 5.36. The zero-order valence-electron chi connectivity index (χ0n) is 11.4. The Morgan fingerprint density at radius 1 is 1.47 bits per heavy atom. The molecule has 1 saturated carbocycles. The Morgan fingerprint density at radius 2 is 2.06 bits per heavy atom. The number of likely N-dealkylation sites (N-methyl/N-ethyl adjacent to an activating group) is 1. The summed E-state index contributed by atoms with van der Waals surface area (Å²) in [4.78, 5) is 13.9. The summed E-state index contributed by atoms with van der Waals surface area (Å²) in [6.45, 7) is 5.88. The molecule has 1 fully saturated rings. The van der Waals surface area contributed by atoms with Crippen LogP contribution in [0.2, 0.25) is 0 Å². The van der Waals surface area contributed by atoms with Gasteiger partial charge in [0.15, 0.2) is 0 Å². The normalized spacial score (nSPS) is 30.1. The van der Waals surface area contributed by atoms with E-state index in [-0.39, 0.29) is 17.9 Å². The van der Waals surface area contributed by atoms with Gasteiger partial charge < -0.3 is 15.7 Å². The molecule has 0 aromatic heterocycles. The zero-order chi connectivity index (χ0) is 13.2. The Bertz CT molecular complexity index is 273. The molecule has 3 N–H and O–H groups in total. The third-order valence-corrected chi connectivity index (χ3v) is 3.61. The Kier molecular flexibility index (Phi) is 4.55. The van der Waals surface area contributed by atoms with Crippen LogP contribution in [0.15, 0.2) is 0 Å². The number of rotatable bonds is 3. The Hall–Kier alpha value is -0.610. The predicted molar refractivity (Wildman–Crippen MR) is 68.4 cm³/mol. The van der Waals surface area contributed by atoms with E-state index in [1.54, 1.807) is 25.8 Å². The first kappa shape index (κ1) is 14.5. The quantitative estimate of drug-likeness (QED) is 0.775. The minimum Gasteiger partial charge on any atom is -0.389 e. The minimum absolute atomic E-state index is 0.0412. The molecule has 0 spiro atoms. The molecule has 1 aliphatic carbocycles. The molecular formula is C13H26N2O2. The number of carbonyl (C=O) groups is 1. The molecule has 0 saturated heterocycles. The Morgan fingerprint density at radius 3 is 2.59 bits per heavy atom. The Labute approximate surface area is 104 Å². The highest BCUT2D eigenvalue weighted by Gasteiger charge is 2.35. The molecule has 4 nitrogen and oxygen atoms in total. The fraction of sp³-hybridized carbons (Fsp3) is 0.923. The van der Waals surface area contributed by atoms with Gasteiger partial charge in [-0.3, -0.25) is 4.79 Å². The zero-order valence-corrected chi connectivity index (χ0v) is 11.4. The van der Waals surface area contributed by atoms with E-state index in [0.29, 0.717) is 12.5 Å². The molecule has 3 unspecified atom stereocenters. The van der Waals surface area contributed by atoms with E-state index in [9.17, 15) is 9.90 Å². The lowest BCUT2D eigenvalue weighted by molar-refractivity contribution is -0.139. The number of amides is 1. The predicted octanol–water partition coefficient (Wildman–Crippen LogP) is 0.979. The summed E-state index contributed by atoms with van der Waals surface area (Å²) in [6.07, 6.45) is 3.06. The highest BCUT2D eigenvalue weighted by molar-refractivity contribution is 5.79. The number of hydrogen-bond donors (Lipinski definition) is 2. The van der Waals surface area contributed by atoms with Gasteiger partial charge in [0, 0.05) is 19.6 Å². The number of nitrogens with zero attached hydrogens (tertiary/aromatic N) is 1. The summed E-state index contributed by atoms with van der Waals surface area (Å²) in [5.41, 5.74) is 5.26. The van der Waals surface area contributed by atoms with Crippen LogP contribution in [0.4, 0.5) is 0 Å². The highest BCUT2D eigenvalue weighted by atomic mass is 16.3. The average Bonchev–Trinajstić information content (AvgIpc) is 2.18. The molecule has 0 radical (unpaired) electrons. The van der Waals surface area contributed by atoms with Crippen molar-refractivity contribution in [2.24, 2.45) is 17.6 Å². The summed E-state index contributed by atoms with van der Waals surface area (Å²) >= 11 is 0. The lowest BCUT2D eigenvalue weighted by Gasteiger charge is -2.36. The SMILES string of the molecule is CC1CCCC(C(=O)N(C)CC(C)(C)O)C1N. The first-order valence-electron chi connectivity index (χ1n) is 6.45. The number of nitrogens with two attached hydrogens (primary N) is 1. The van der Waals surface area contributed by atoms with E-state index < -0.39 is 5.60 Å². The van der Waals surface area contributed by atoms with Crippen molar-refractivity contribution in [3.05, 3.63) is 0 Å². The topological polar surface area (TPSA) is 66.6 Å². The van der Waals surface area contributed by atoms with Crippen LogP contribution in [-0.2, 0) is 4.79 Å². The lowest BCUT2D eigenvalue weighted by atomic mass is 9.77. The molecule has 0 heterocycles. The van der Waals surface area contributed by atoms with Crippen LogP contribution in [-0.4, -0.2) is 41.1 Å². The van der Waals surface area contributed by atoms with Crippen LogP contribution in [0.5, 0.6) is 0 Å². The molecule has 0 aromatic rings. The van der Waals surface area contributed by atoms with Crippen molar-refractivity contribution in [2.45, 2.75) is 51.7 Å². The van der Waals surface area contributed by atoms with Gasteiger partial charge in [-0.25, -0.2) is 0 Å². The van der Waals surface area contributed by atoms with Gasteiger partial charge in [-0.15, -0.1) is 0 Å². The standard InChI is InChI=1S/C13H26N2O2/c1-9-6-5-7-10(11(9)14)12(16)15(4)8-13(2,3)17/h9-11,17H,5-8,14H2,1-4H3. The van der Waals surface area contributed by atoms with Gasteiger partial charge in [0.2, 0.25) is 5.91 Å². The molecular weight excluding hydrogens is 216 g/mol. The third kappa shape index (κ3) is 3.96. The third-order valence-electron chi connectivity index (χ3n) is 3.61. The average molecular weight is 242 g/mol. The molecule has 1 aliphatic rings. The maximum atomic E-state index is 12.3. The van der Waals surface area contributed by atoms with Gasteiger partial charge in [-0.1, -0.05) is 13.3 Å². The van der Waals surface area contributed by atoms with Gasteiger partial charge >= 0.3 is 0 Å². The van der Waals surface area contributed by atoms with E-state index in [1.807, 2.05) is 0 Å². The highest BCUT2D eigenvalue weighted by Crippen LogP contribution is 2.29. The molecule has 0 bridgehead atoms. The molecule has 3 atom stereocenters. The maximum absolute atomic E-state index is 12.3. The summed E-state index contributed by atoms with van der Waals surface area (Å²) in [7, 11) is 1.74. The molecule has 1 rings (SSSR count). The van der Waals surface area contributed by atoms with Crippen molar-refractivity contribution < 1.29 is 9.90 Å². The van der Waals surface area contributed by atoms with Crippen molar-refractivity contribution >= 4 is 5.91 Å². The summed E-state index contributed by atoms with van der Waals surface area (Å²) < 4.78 is 0. The van der Waals surface area contributed by atoms with Crippen molar-refractivity contribution in [3.63, 3.8) is 0 Å². The van der Waals surface area contributed by atoms with Crippen molar-refractivity contribution in [1.29, 1.82) is 0 Å². The van der Waals surface area contributed by atoms with E-state index in [0.717, 1.165) is 19.3 Å². The molecule has 0 aliphatic heterocycles. The fourth-order valence-corrected chi connectivity index (χ4v) is 2.67. The second-order valence-electron chi connectivity index (χ2n) is 6.10. The van der Waals surface area contributed by atoms with Crippen LogP contribution < -0.4 is 5.73 Å². The molecule has 17 heavy (non-hydrogen) atoms. The van der Waals surface area contributed by atoms with Crippen molar-refractivity contribution in [3.8, 4) is 0 Å². The molecule has 1 amide bonds. The summed E-state index contributed by atoms with van der Waals surface area (Å²) in [6, 6.07) is -0.0412. The van der Waals surface area contributed by atoms with Gasteiger partial charge in [0.1, 0.15) is 0 Å². The van der Waals surface area contributed by atoms with Crippen molar-refractivity contribution in [1.82, 2.24) is 4.90 Å². The largest absolute Gasteiger partial charge is 0.389 e. The van der Waals surface area contributed by atoms with Gasteiger partial charge in [-0.05, 0) is 32.6 Å². The molecule has 100 valence electrons. The van der Waals surface area contributed by atoms with Gasteiger partial charge in [0.05, 0.1) is 11.5 Å². The van der Waals surface area contributed by atoms with Crippen LogP contribution in [0.1, 0.15) is 40.0 Å². The second-order valence-corrected chi connectivity index (χ2v) is 6.10. The maximum Gasteiger partial charge on any atom is 0.227 e. The first-order chi connectivity index (χ1) is 7.72. The molecule has 4 heteroatoms.